The Balaban J connectivity index is 1.79. The second-order valence-corrected chi connectivity index (χ2v) is 7.97. The molecule has 3 aliphatic rings. The second-order valence-electron chi connectivity index (χ2n) is 7.97. The third-order valence-electron chi connectivity index (χ3n) is 6.28. The number of carbonyl (C=O) groups excluding carboxylic acids is 4. The van der Waals surface area contributed by atoms with Crippen LogP contribution in [0.15, 0.2) is 5.10 Å². The highest BCUT2D eigenvalue weighted by Gasteiger charge is 2.59. The van der Waals surface area contributed by atoms with E-state index in [1.807, 2.05) is 0 Å². The van der Waals surface area contributed by atoms with E-state index in [0.717, 1.165) is 4.90 Å². The fourth-order valence-electron chi connectivity index (χ4n) is 5.00. The van der Waals surface area contributed by atoms with E-state index in [2.05, 4.69) is 10.5 Å². The van der Waals surface area contributed by atoms with Crippen LogP contribution in [0.1, 0.15) is 39.5 Å². The van der Waals surface area contributed by atoms with E-state index in [0.29, 0.717) is 18.6 Å². The molecule has 172 valence electrons. The molecule has 0 radical (unpaired) electrons. The number of fused-ring (bicyclic) bond motifs is 3. The fourth-order valence-corrected chi connectivity index (χ4v) is 5.00. The number of carbonyl (C=O) groups is 4. The van der Waals surface area contributed by atoms with Crippen LogP contribution in [0.5, 0.6) is 0 Å². The van der Waals surface area contributed by atoms with Gasteiger partial charge in [0.2, 0.25) is 11.8 Å². The van der Waals surface area contributed by atoms with Gasteiger partial charge in [-0.15, -0.1) is 0 Å². The molecule has 2 saturated carbocycles. The maximum Gasteiger partial charge on any atom is 0.427 e. The maximum absolute atomic E-state index is 13.1. The lowest BCUT2D eigenvalue weighted by molar-refractivity contribution is -0.145. The molecule has 31 heavy (non-hydrogen) atoms. The molecular weight excluding hydrogens is 410 g/mol. The van der Waals surface area contributed by atoms with Crippen molar-refractivity contribution in [3.63, 3.8) is 0 Å². The van der Waals surface area contributed by atoms with E-state index >= 15 is 0 Å². The van der Waals surface area contributed by atoms with E-state index in [9.17, 15) is 29.4 Å². The molecule has 2 aliphatic carbocycles. The first kappa shape index (κ1) is 23.1. The predicted octanol–water partition coefficient (Wildman–Crippen LogP) is -0.205. The Hall–Kier alpha value is -2.53. The first-order chi connectivity index (χ1) is 14.8. The number of amides is 3. The van der Waals surface area contributed by atoms with E-state index in [4.69, 9.17) is 9.47 Å². The topological polar surface area (TPSA) is 155 Å². The normalized spacial score (nSPS) is 33.7. The third kappa shape index (κ3) is 4.57. The first-order valence-electron chi connectivity index (χ1n) is 10.7. The number of likely N-dealkylation sites (tertiary alicyclic amines) is 1. The number of imide groups is 1. The average molecular weight is 439 g/mol. The van der Waals surface area contributed by atoms with Gasteiger partial charge in [0, 0.05) is 30.5 Å². The van der Waals surface area contributed by atoms with Gasteiger partial charge in [0.1, 0.15) is 0 Å². The van der Waals surface area contributed by atoms with E-state index in [1.54, 1.807) is 13.8 Å². The summed E-state index contributed by atoms with van der Waals surface area (Å²) < 4.78 is 9.65. The van der Waals surface area contributed by atoms with Crippen molar-refractivity contribution in [3.05, 3.63) is 0 Å². The van der Waals surface area contributed by atoms with Gasteiger partial charge in [0.15, 0.2) is 0 Å². The van der Waals surface area contributed by atoms with Crippen LogP contribution in [0.25, 0.3) is 0 Å². The lowest BCUT2D eigenvalue weighted by atomic mass is 9.60. The fraction of sp³-hybridized carbons (Fsp3) is 0.750. The molecule has 1 saturated heterocycles. The van der Waals surface area contributed by atoms with Gasteiger partial charge in [-0.05, 0) is 26.7 Å². The summed E-state index contributed by atoms with van der Waals surface area (Å²) in [6, 6.07) is 0. The number of hydrogen-bond acceptors (Lipinski definition) is 9. The first-order valence-corrected chi connectivity index (χ1v) is 10.7. The van der Waals surface area contributed by atoms with Crippen LogP contribution in [-0.4, -0.2) is 76.7 Å². The maximum atomic E-state index is 13.1. The summed E-state index contributed by atoms with van der Waals surface area (Å²) in [4.78, 5) is 50.3. The minimum atomic E-state index is -1.21. The molecular formula is C20H29N3O8. The summed E-state index contributed by atoms with van der Waals surface area (Å²) >= 11 is 0. The molecule has 11 nitrogen and oxygen atoms in total. The lowest BCUT2D eigenvalue weighted by Gasteiger charge is -2.45. The Bertz CT molecular complexity index is 770. The van der Waals surface area contributed by atoms with Crippen LogP contribution in [0.2, 0.25) is 0 Å². The SMILES string of the molecule is CCOC(=O)CCN1C(=O)[C@H]2[C@H]3[C@H](O)[C@H](O)C/C(=N\NC(=O)OCC)[C@H]3CC[C@H]2C1=O. The molecule has 0 spiro atoms. The van der Waals surface area contributed by atoms with Crippen LogP contribution in [0.4, 0.5) is 4.79 Å². The summed E-state index contributed by atoms with van der Waals surface area (Å²) in [5, 5.41) is 25.2. The Morgan fingerprint density at radius 1 is 1.10 bits per heavy atom. The van der Waals surface area contributed by atoms with Crippen LogP contribution in [0, 0.1) is 23.7 Å². The number of nitrogens with zero attached hydrogens (tertiary/aromatic N) is 2. The quantitative estimate of drug-likeness (QED) is 0.292. The molecule has 0 bridgehead atoms. The zero-order chi connectivity index (χ0) is 22.7. The van der Waals surface area contributed by atoms with Gasteiger partial charge in [-0.2, -0.15) is 5.10 Å². The van der Waals surface area contributed by atoms with Gasteiger partial charge in [-0.25, -0.2) is 10.2 Å². The summed E-state index contributed by atoms with van der Waals surface area (Å²) in [6.07, 6.45) is -2.29. The summed E-state index contributed by atoms with van der Waals surface area (Å²) in [5.74, 6) is -3.84. The van der Waals surface area contributed by atoms with Crippen LogP contribution in [0.3, 0.4) is 0 Å². The van der Waals surface area contributed by atoms with Crippen molar-refractivity contribution in [2.75, 3.05) is 19.8 Å². The summed E-state index contributed by atoms with van der Waals surface area (Å²) in [7, 11) is 0. The van der Waals surface area contributed by atoms with Crippen molar-refractivity contribution in [2.45, 2.75) is 51.7 Å². The highest BCUT2D eigenvalue weighted by molar-refractivity contribution is 6.06. The molecule has 0 unspecified atom stereocenters. The molecule has 0 aromatic heterocycles. The minimum absolute atomic E-state index is 0.0425. The van der Waals surface area contributed by atoms with Crippen molar-refractivity contribution in [1.29, 1.82) is 0 Å². The van der Waals surface area contributed by atoms with E-state index < -0.39 is 47.9 Å². The zero-order valence-electron chi connectivity index (χ0n) is 17.7. The molecule has 3 fully saturated rings. The largest absolute Gasteiger partial charge is 0.466 e. The number of aliphatic hydroxyl groups is 2. The molecule has 0 aromatic rings. The molecule has 3 amide bonds. The Morgan fingerprint density at radius 3 is 2.45 bits per heavy atom. The Kier molecular flexibility index (Phi) is 7.26. The van der Waals surface area contributed by atoms with Crippen molar-refractivity contribution in [1.82, 2.24) is 10.3 Å². The van der Waals surface area contributed by atoms with Crippen molar-refractivity contribution >= 4 is 29.6 Å². The summed E-state index contributed by atoms with van der Waals surface area (Å²) in [6.45, 7) is 3.63. The number of hydrogen-bond donors (Lipinski definition) is 3. The second kappa shape index (κ2) is 9.73. The number of rotatable bonds is 6. The number of esters is 1. The summed E-state index contributed by atoms with van der Waals surface area (Å²) in [5.41, 5.74) is 2.73. The van der Waals surface area contributed by atoms with Crippen molar-refractivity contribution in [3.8, 4) is 0 Å². The molecule has 1 heterocycles. The molecule has 3 rings (SSSR count). The number of ether oxygens (including phenoxy) is 2. The van der Waals surface area contributed by atoms with Gasteiger partial charge in [0.05, 0.1) is 43.7 Å². The average Bonchev–Trinajstić information content (AvgIpc) is 2.98. The number of aliphatic hydroxyl groups excluding tert-OH is 2. The molecule has 3 N–H and O–H groups in total. The van der Waals surface area contributed by atoms with Gasteiger partial charge in [-0.1, -0.05) is 0 Å². The standard InChI is InChI=1S/C20H29N3O8/c1-3-30-14(25)7-8-23-18(27)11-6-5-10-12(21-22-20(29)31-4-2)9-13(24)17(26)15(10)16(11)19(23)28/h10-11,13,15-17,24,26H,3-9H2,1-2H3,(H,22,29)/b21-12+/t10-,11-,13-,15+,16-,17-/m1/s1. The van der Waals surface area contributed by atoms with Gasteiger partial charge in [0.25, 0.3) is 0 Å². The smallest absolute Gasteiger partial charge is 0.427 e. The number of hydrazone groups is 1. The Labute approximate surface area is 179 Å². The molecule has 11 heteroatoms. The lowest BCUT2D eigenvalue weighted by Crippen LogP contribution is -2.55. The van der Waals surface area contributed by atoms with Gasteiger partial charge >= 0.3 is 12.1 Å². The van der Waals surface area contributed by atoms with Crippen LogP contribution < -0.4 is 5.43 Å². The molecule has 0 aromatic carbocycles. The van der Waals surface area contributed by atoms with Crippen molar-refractivity contribution < 1.29 is 38.9 Å². The highest BCUT2D eigenvalue weighted by Crippen LogP contribution is 2.49. The third-order valence-corrected chi connectivity index (χ3v) is 6.28. The zero-order valence-corrected chi connectivity index (χ0v) is 17.7. The predicted molar refractivity (Wildman–Crippen MR) is 105 cm³/mol. The monoisotopic (exact) mass is 439 g/mol. The number of nitrogens with one attached hydrogen (secondary N) is 1. The van der Waals surface area contributed by atoms with Crippen molar-refractivity contribution in [2.24, 2.45) is 28.8 Å². The van der Waals surface area contributed by atoms with E-state index in [1.165, 1.54) is 0 Å². The van der Waals surface area contributed by atoms with Gasteiger partial charge in [-0.3, -0.25) is 19.3 Å². The molecule has 1 aliphatic heterocycles. The highest BCUT2D eigenvalue weighted by atomic mass is 16.6. The minimum Gasteiger partial charge on any atom is -0.466 e. The van der Waals surface area contributed by atoms with Crippen LogP contribution >= 0.6 is 0 Å². The van der Waals surface area contributed by atoms with Crippen LogP contribution in [-0.2, 0) is 23.9 Å². The Morgan fingerprint density at radius 2 is 1.77 bits per heavy atom. The van der Waals surface area contributed by atoms with E-state index in [-0.39, 0.29) is 44.4 Å². The molecule has 6 atom stereocenters. The van der Waals surface area contributed by atoms with Gasteiger partial charge < -0.3 is 19.7 Å².